The molecule has 16 heavy (non-hydrogen) atoms. The van der Waals surface area contributed by atoms with Crippen LogP contribution in [0.15, 0.2) is 29.8 Å². The number of hydrogen-bond donors (Lipinski definition) is 3. The molecule has 0 aliphatic rings. The highest BCUT2D eigenvalue weighted by Gasteiger charge is 2.06. The Kier molecular flexibility index (Phi) is 3.94. The Morgan fingerprint density at radius 3 is 2.31 bits per heavy atom. The van der Waals surface area contributed by atoms with Gasteiger partial charge < -0.3 is 15.5 Å². The molecule has 1 aromatic carbocycles. The molecule has 1 rings (SSSR count). The van der Waals surface area contributed by atoms with Crippen molar-refractivity contribution in [1.29, 1.82) is 0 Å². The molecule has 0 saturated carbocycles. The largest absolute Gasteiger partial charge is 0.508 e. The molecule has 3 N–H and O–H groups in total. The zero-order valence-corrected chi connectivity index (χ0v) is 9.32. The van der Waals surface area contributed by atoms with Crippen LogP contribution < -0.4 is 5.32 Å². The van der Waals surface area contributed by atoms with E-state index in [4.69, 9.17) is 0 Å². The summed E-state index contributed by atoms with van der Waals surface area (Å²) in [5.41, 5.74) is 1.35. The first-order valence-electron chi connectivity index (χ1n) is 4.93. The third kappa shape index (κ3) is 3.65. The molecule has 0 heterocycles. The van der Waals surface area contributed by atoms with Gasteiger partial charge in [-0.2, -0.15) is 0 Å². The molecule has 0 aromatic heterocycles. The van der Waals surface area contributed by atoms with E-state index in [0.717, 1.165) is 5.57 Å². The summed E-state index contributed by atoms with van der Waals surface area (Å²) in [7, 11) is 0. The molecule has 0 bridgehead atoms. The first kappa shape index (κ1) is 12.1. The van der Waals surface area contributed by atoms with Gasteiger partial charge >= 0.3 is 0 Å². The van der Waals surface area contributed by atoms with Crippen LogP contribution in [0.4, 0.5) is 0 Å². The molecule has 0 spiro atoms. The molecular formula is C12H15NO3. The lowest BCUT2D eigenvalue weighted by Gasteiger charge is -2.04. The van der Waals surface area contributed by atoms with Crippen LogP contribution in [0.1, 0.15) is 24.2 Å². The van der Waals surface area contributed by atoms with Crippen molar-refractivity contribution >= 4 is 5.91 Å². The minimum absolute atomic E-state index is 0.132. The van der Waals surface area contributed by atoms with E-state index in [9.17, 15) is 15.0 Å². The van der Waals surface area contributed by atoms with Crippen molar-refractivity contribution in [1.82, 2.24) is 5.32 Å². The van der Waals surface area contributed by atoms with Gasteiger partial charge in [-0.3, -0.25) is 4.79 Å². The van der Waals surface area contributed by atoms with Gasteiger partial charge in [0.1, 0.15) is 11.5 Å². The molecule has 0 radical (unpaired) electrons. The van der Waals surface area contributed by atoms with Gasteiger partial charge in [0.05, 0.1) is 0 Å². The van der Waals surface area contributed by atoms with E-state index in [2.05, 4.69) is 5.32 Å². The van der Waals surface area contributed by atoms with Crippen LogP contribution in [0.5, 0.6) is 11.5 Å². The summed E-state index contributed by atoms with van der Waals surface area (Å²) in [6.07, 6.45) is 1.88. The van der Waals surface area contributed by atoms with Gasteiger partial charge in [0.2, 0.25) is 0 Å². The normalized spacial score (nSPS) is 9.62. The number of hydrogen-bond acceptors (Lipinski definition) is 3. The number of phenols is 2. The van der Waals surface area contributed by atoms with E-state index in [1.165, 1.54) is 18.2 Å². The maximum absolute atomic E-state index is 11.6. The minimum atomic E-state index is -0.330. The fraction of sp³-hybridized carbons (Fsp3) is 0.250. The summed E-state index contributed by atoms with van der Waals surface area (Å²) in [6, 6.07) is 3.78. The van der Waals surface area contributed by atoms with Gasteiger partial charge in [-0.15, -0.1) is 0 Å². The molecule has 0 saturated heterocycles. The second-order valence-electron chi connectivity index (χ2n) is 3.73. The third-order valence-corrected chi connectivity index (χ3v) is 1.94. The van der Waals surface area contributed by atoms with Gasteiger partial charge in [-0.1, -0.05) is 11.6 Å². The average molecular weight is 221 g/mol. The van der Waals surface area contributed by atoms with E-state index < -0.39 is 0 Å². The Morgan fingerprint density at radius 2 is 1.81 bits per heavy atom. The lowest BCUT2D eigenvalue weighted by molar-refractivity contribution is 0.0957. The Hall–Kier alpha value is -1.97. The van der Waals surface area contributed by atoms with Crippen LogP contribution in [0.3, 0.4) is 0 Å². The maximum Gasteiger partial charge on any atom is 0.251 e. The number of benzene rings is 1. The second-order valence-corrected chi connectivity index (χ2v) is 3.73. The number of phenolic OH excluding ortho intramolecular Hbond substituents is 2. The highest BCUT2D eigenvalue weighted by Crippen LogP contribution is 2.20. The monoisotopic (exact) mass is 221 g/mol. The first-order chi connectivity index (χ1) is 7.49. The topological polar surface area (TPSA) is 69.6 Å². The third-order valence-electron chi connectivity index (χ3n) is 1.94. The summed E-state index contributed by atoms with van der Waals surface area (Å²) < 4.78 is 0. The number of aromatic hydroxyl groups is 2. The molecule has 4 heteroatoms. The number of carbonyl (C=O) groups excluding carboxylic acids is 1. The zero-order valence-electron chi connectivity index (χ0n) is 9.32. The van der Waals surface area contributed by atoms with E-state index in [-0.39, 0.29) is 23.0 Å². The predicted octanol–water partition coefficient (Wildman–Crippen LogP) is 1.79. The number of carbonyl (C=O) groups is 1. The molecule has 0 aliphatic carbocycles. The number of nitrogens with one attached hydrogen (secondary N) is 1. The first-order valence-corrected chi connectivity index (χ1v) is 4.93. The van der Waals surface area contributed by atoms with Gasteiger partial charge in [-0.05, 0) is 26.0 Å². The molecule has 4 nitrogen and oxygen atoms in total. The summed E-state index contributed by atoms with van der Waals surface area (Å²) in [5.74, 6) is -0.594. The molecule has 0 atom stereocenters. The number of amides is 1. The van der Waals surface area contributed by atoms with Gasteiger partial charge in [0, 0.05) is 18.2 Å². The summed E-state index contributed by atoms with van der Waals surface area (Å²) in [6.45, 7) is 4.30. The summed E-state index contributed by atoms with van der Waals surface area (Å²) in [5, 5.41) is 21.1. The van der Waals surface area contributed by atoms with Crippen molar-refractivity contribution in [3.63, 3.8) is 0 Å². The molecule has 1 amide bonds. The molecule has 0 fully saturated rings. The maximum atomic E-state index is 11.6. The van der Waals surface area contributed by atoms with Crippen LogP contribution >= 0.6 is 0 Å². The van der Waals surface area contributed by atoms with Crippen LogP contribution in [0.25, 0.3) is 0 Å². The van der Waals surface area contributed by atoms with Crippen LogP contribution in [-0.2, 0) is 0 Å². The zero-order chi connectivity index (χ0) is 12.1. The van der Waals surface area contributed by atoms with Crippen molar-refractivity contribution in [2.45, 2.75) is 13.8 Å². The second kappa shape index (κ2) is 5.21. The highest BCUT2D eigenvalue weighted by atomic mass is 16.3. The summed E-state index contributed by atoms with van der Waals surface area (Å²) in [4.78, 5) is 11.6. The summed E-state index contributed by atoms with van der Waals surface area (Å²) >= 11 is 0. The van der Waals surface area contributed by atoms with Crippen LogP contribution in [0.2, 0.25) is 0 Å². The van der Waals surface area contributed by atoms with Crippen molar-refractivity contribution in [3.8, 4) is 11.5 Å². The quantitative estimate of drug-likeness (QED) is 0.681. The standard InChI is InChI=1S/C12H15NO3/c1-8(2)3-4-13-12(16)9-5-10(14)7-11(15)6-9/h3,5-7,14-15H,4H2,1-2H3,(H,13,16). The van der Waals surface area contributed by atoms with E-state index in [0.29, 0.717) is 6.54 Å². The Labute approximate surface area is 94.2 Å². The van der Waals surface area contributed by atoms with Crippen molar-refractivity contribution < 1.29 is 15.0 Å². The van der Waals surface area contributed by atoms with Crippen LogP contribution in [0, 0.1) is 0 Å². The molecule has 1 aromatic rings. The number of rotatable bonds is 3. The van der Waals surface area contributed by atoms with Gasteiger partial charge in [-0.25, -0.2) is 0 Å². The molecule has 0 unspecified atom stereocenters. The molecule has 86 valence electrons. The lowest BCUT2D eigenvalue weighted by Crippen LogP contribution is -2.23. The smallest absolute Gasteiger partial charge is 0.251 e. The van der Waals surface area contributed by atoms with E-state index in [1.807, 2.05) is 19.9 Å². The van der Waals surface area contributed by atoms with E-state index >= 15 is 0 Å². The fourth-order valence-corrected chi connectivity index (χ4v) is 1.18. The SMILES string of the molecule is CC(C)=CCNC(=O)c1cc(O)cc(O)c1. The molecule has 0 aliphatic heterocycles. The Bertz CT molecular complexity index is 400. The van der Waals surface area contributed by atoms with Crippen molar-refractivity contribution in [2.24, 2.45) is 0 Å². The fourth-order valence-electron chi connectivity index (χ4n) is 1.18. The number of allylic oxidation sites excluding steroid dienone is 1. The lowest BCUT2D eigenvalue weighted by atomic mass is 10.2. The van der Waals surface area contributed by atoms with Gasteiger partial charge in [0.25, 0.3) is 5.91 Å². The highest BCUT2D eigenvalue weighted by molar-refractivity contribution is 5.95. The molecular weight excluding hydrogens is 206 g/mol. The minimum Gasteiger partial charge on any atom is -0.508 e. The van der Waals surface area contributed by atoms with Gasteiger partial charge in [0.15, 0.2) is 0 Å². The Balaban J connectivity index is 2.69. The van der Waals surface area contributed by atoms with Crippen molar-refractivity contribution in [3.05, 3.63) is 35.4 Å². The van der Waals surface area contributed by atoms with E-state index in [1.54, 1.807) is 0 Å². The predicted molar refractivity (Wildman–Crippen MR) is 61.5 cm³/mol. The Morgan fingerprint density at radius 1 is 1.25 bits per heavy atom. The average Bonchev–Trinajstić information content (AvgIpc) is 2.15. The van der Waals surface area contributed by atoms with Crippen molar-refractivity contribution in [2.75, 3.05) is 6.54 Å². The van der Waals surface area contributed by atoms with Crippen LogP contribution in [-0.4, -0.2) is 22.7 Å².